The van der Waals surface area contributed by atoms with Crippen molar-refractivity contribution in [3.8, 4) is 0 Å². The average Bonchev–Trinajstić information content (AvgIpc) is 3.52. The monoisotopic (exact) mass is 533 g/mol. The standard InChI is InChI=1S/C24H31N5O5S2/c1-3-11-28-14-10-18-19(15-28)35-23(20(18)22(31)27-24(32)25-2)26-21(30)16-6-8-17(9-7-16)36(33,34)29-12-4-5-13-29/h6-9H,3-5,10-15H2,1-2H3,(H,26,30)(H2,25,27,31,32). The van der Waals surface area contributed by atoms with E-state index in [0.29, 0.717) is 36.6 Å². The number of amides is 4. The van der Waals surface area contributed by atoms with Crippen LogP contribution in [0, 0.1) is 0 Å². The normalized spacial score (nSPS) is 16.4. The highest BCUT2D eigenvalue weighted by Crippen LogP contribution is 2.37. The number of carbonyl (C=O) groups excluding carboxylic acids is 3. The van der Waals surface area contributed by atoms with E-state index in [0.717, 1.165) is 42.8 Å². The molecule has 0 unspecified atom stereocenters. The van der Waals surface area contributed by atoms with E-state index in [1.807, 2.05) is 0 Å². The Kier molecular flexibility index (Phi) is 8.08. The van der Waals surface area contributed by atoms with E-state index in [2.05, 4.69) is 27.8 Å². The molecule has 194 valence electrons. The summed E-state index contributed by atoms with van der Waals surface area (Å²) in [7, 11) is -2.15. The Balaban J connectivity index is 1.58. The first-order valence-electron chi connectivity index (χ1n) is 12.1. The number of benzene rings is 1. The predicted molar refractivity (Wildman–Crippen MR) is 138 cm³/mol. The lowest BCUT2D eigenvalue weighted by atomic mass is 10.0. The van der Waals surface area contributed by atoms with Crippen molar-refractivity contribution >= 4 is 44.2 Å². The van der Waals surface area contributed by atoms with Crippen LogP contribution < -0.4 is 16.0 Å². The molecule has 0 radical (unpaired) electrons. The molecule has 4 rings (SSSR count). The summed E-state index contributed by atoms with van der Waals surface area (Å²) in [6.45, 7) is 5.52. The van der Waals surface area contributed by atoms with Crippen molar-refractivity contribution in [1.82, 2.24) is 19.8 Å². The summed E-state index contributed by atoms with van der Waals surface area (Å²) in [4.78, 5) is 41.3. The number of sulfonamides is 1. The number of fused-ring (bicyclic) bond motifs is 1. The van der Waals surface area contributed by atoms with Gasteiger partial charge in [-0.1, -0.05) is 6.92 Å². The van der Waals surface area contributed by atoms with Gasteiger partial charge in [0.15, 0.2) is 0 Å². The lowest BCUT2D eigenvalue weighted by Gasteiger charge is -2.26. The lowest BCUT2D eigenvalue weighted by molar-refractivity contribution is 0.0964. The molecule has 0 saturated carbocycles. The zero-order chi connectivity index (χ0) is 25.9. The van der Waals surface area contributed by atoms with E-state index >= 15 is 0 Å². The van der Waals surface area contributed by atoms with Gasteiger partial charge in [-0.3, -0.25) is 19.8 Å². The van der Waals surface area contributed by atoms with E-state index in [9.17, 15) is 22.8 Å². The number of urea groups is 1. The molecule has 2 aliphatic heterocycles. The third-order valence-corrected chi connectivity index (χ3v) is 9.45. The van der Waals surface area contributed by atoms with Crippen molar-refractivity contribution in [2.45, 2.75) is 44.0 Å². The highest BCUT2D eigenvalue weighted by atomic mass is 32.2. The smallest absolute Gasteiger partial charge is 0.321 e. The second kappa shape index (κ2) is 11.1. The Hall–Kier alpha value is -2.80. The van der Waals surface area contributed by atoms with Crippen LogP contribution in [-0.4, -0.2) is 68.7 Å². The Labute approximate surface area is 215 Å². The molecule has 0 spiro atoms. The fourth-order valence-electron chi connectivity index (χ4n) is 4.55. The zero-order valence-electron chi connectivity index (χ0n) is 20.4. The van der Waals surface area contributed by atoms with Gasteiger partial charge >= 0.3 is 6.03 Å². The predicted octanol–water partition coefficient (Wildman–Crippen LogP) is 2.62. The van der Waals surface area contributed by atoms with Crippen LogP contribution in [0.1, 0.15) is 57.3 Å². The maximum atomic E-state index is 13.1. The number of thiophene rings is 1. The third-order valence-electron chi connectivity index (χ3n) is 6.40. The maximum absolute atomic E-state index is 13.1. The van der Waals surface area contributed by atoms with Crippen LogP contribution in [0.4, 0.5) is 9.80 Å². The van der Waals surface area contributed by atoms with Crippen LogP contribution in [0.2, 0.25) is 0 Å². The number of imide groups is 1. The van der Waals surface area contributed by atoms with E-state index in [1.54, 1.807) is 0 Å². The van der Waals surface area contributed by atoms with E-state index in [-0.39, 0.29) is 10.5 Å². The molecule has 1 aromatic carbocycles. The molecule has 10 nitrogen and oxygen atoms in total. The minimum atomic E-state index is -3.58. The second-order valence-corrected chi connectivity index (χ2v) is 11.9. The molecule has 3 N–H and O–H groups in total. The summed E-state index contributed by atoms with van der Waals surface area (Å²) in [6, 6.07) is 5.18. The highest BCUT2D eigenvalue weighted by molar-refractivity contribution is 7.89. The third kappa shape index (κ3) is 5.46. The summed E-state index contributed by atoms with van der Waals surface area (Å²) >= 11 is 1.33. The number of hydrogen-bond donors (Lipinski definition) is 3. The molecular formula is C24H31N5O5S2. The largest absolute Gasteiger partial charge is 0.341 e. The van der Waals surface area contributed by atoms with E-state index in [1.165, 1.54) is 47.0 Å². The van der Waals surface area contributed by atoms with Gasteiger partial charge in [-0.25, -0.2) is 13.2 Å². The van der Waals surface area contributed by atoms with Crippen molar-refractivity contribution < 1.29 is 22.8 Å². The average molecular weight is 534 g/mol. The van der Waals surface area contributed by atoms with Crippen LogP contribution in [-0.2, 0) is 23.0 Å². The molecule has 0 aliphatic carbocycles. The molecule has 36 heavy (non-hydrogen) atoms. The van der Waals surface area contributed by atoms with Crippen molar-refractivity contribution in [3.63, 3.8) is 0 Å². The van der Waals surface area contributed by atoms with Crippen molar-refractivity contribution in [2.75, 3.05) is 38.5 Å². The summed E-state index contributed by atoms with van der Waals surface area (Å²) in [5.41, 5.74) is 1.42. The summed E-state index contributed by atoms with van der Waals surface area (Å²) in [6.07, 6.45) is 3.34. The minimum Gasteiger partial charge on any atom is -0.341 e. The number of nitrogens with one attached hydrogen (secondary N) is 3. The lowest BCUT2D eigenvalue weighted by Crippen LogP contribution is -2.38. The van der Waals surface area contributed by atoms with Gasteiger partial charge in [0.05, 0.1) is 10.5 Å². The molecule has 0 bridgehead atoms. The molecule has 4 amide bonds. The SMILES string of the molecule is CCCN1CCc2c(sc(NC(=O)c3ccc(S(=O)(=O)N4CCCC4)cc3)c2C(=O)NC(=O)NC)C1. The fraction of sp³-hybridized carbons (Fsp3) is 0.458. The molecule has 1 fully saturated rings. The van der Waals surface area contributed by atoms with Crippen molar-refractivity contribution in [3.05, 3.63) is 45.8 Å². The van der Waals surface area contributed by atoms with Gasteiger partial charge in [-0.05, 0) is 62.1 Å². The Morgan fingerprint density at radius 1 is 1.03 bits per heavy atom. The molecule has 2 aromatic rings. The van der Waals surface area contributed by atoms with Gasteiger partial charge in [-0.15, -0.1) is 11.3 Å². The van der Waals surface area contributed by atoms with Gasteiger partial charge in [0.25, 0.3) is 11.8 Å². The van der Waals surface area contributed by atoms with Crippen LogP contribution in [0.15, 0.2) is 29.2 Å². The van der Waals surface area contributed by atoms with Gasteiger partial charge in [-0.2, -0.15) is 4.31 Å². The molecule has 0 atom stereocenters. The number of carbonyl (C=O) groups is 3. The molecular weight excluding hydrogens is 502 g/mol. The molecule has 12 heteroatoms. The van der Waals surface area contributed by atoms with Crippen molar-refractivity contribution in [1.29, 1.82) is 0 Å². The number of nitrogens with zero attached hydrogens (tertiary/aromatic N) is 2. The Morgan fingerprint density at radius 3 is 2.36 bits per heavy atom. The summed E-state index contributed by atoms with van der Waals surface area (Å²) in [5.74, 6) is -1.03. The fourth-order valence-corrected chi connectivity index (χ4v) is 7.35. The van der Waals surface area contributed by atoms with Crippen LogP contribution >= 0.6 is 11.3 Å². The van der Waals surface area contributed by atoms with Crippen LogP contribution in [0.5, 0.6) is 0 Å². The molecule has 1 saturated heterocycles. The topological polar surface area (TPSA) is 128 Å². The summed E-state index contributed by atoms with van der Waals surface area (Å²) < 4.78 is 27.0. The van der Waals surface area contributed by atoms with Gasteiger partial charge in [0.2, 0.25) is 10.0 Å². The first-order chi connectivity index (χ1) is 17.2. The van der Waals surface area contributed by atoms with Crippen LogP contribution in [0.25, 0.3) is 0 Å². The first-order valence-corrected chi connectivity index (χ1v) is 14.3. The molecule has 3 heterocycles. The summed E-state index contributed by atoms with van der Waals surface area (Å²) in [5, 5.41) is 7.87. The quantitative estimate of drug-likeness (QED) is 0.502. The number of rotatable bonds is 7. The van der Waals surface area contributed by atoms with Crippen LogP contribution in [0.3, 0.4) is 0 Å². The van der Waals surface area contributed by atoms with Gasteiger partial charge < -0.3 is 10.6 Å². The highest BCUT2D eigenvalue weighted by Gasteiger charge is 2.30. The van der Waals surface area contributed by atoms with E-state index in [4.69, 9.17) is 0 Å². The zero-order valence-corrected chi connectivity index (χ0v) is 22.1. The first kappa shape index (κ1) is 26.3. The Bertz CT molecular complexity index is 1250. The van der Waals surface area contributed by atoms with Gasteiger partial charge in [0.1, 0.15) is 5.00 Å². The van der Waals surface area contributed by atoms with Crippen molar-refractivity contribution in [2.24, 2.45) is 0 Å². The second-order valence-electron chi connectivity index (χ2n) is 8.86. The number of anilines is 1. The van der Waals surface area contributed by atoms with Gasteiger partial charge in [0, 0.05) is 43.7 Å². The number of hydrogen-bond acceptors (Lipinski definition) is 7. The maximum Gasteiger partial charge on any atom is 0.321 e. The Morgan fingerprint density at radius 2 is 1.72 bits per heavy atom. The molecule has 2 aliphatic rings. The van der Waals surface area contributed by atoms with E-state index < -0.39 is 27.9 Å². The molecule has 1 aromatic heterocycles. The minimum absolute atomic E-state index is 0.147.